The van der Waals surface area contributed by atoms with E-state index >= 15 is 0 Å². The summed E-state index contributed by atoms with van der Waals surface area (Å²) in [5.74, 6) is -0.323. The Kier molecular flexibility index (Phi) is 3.87. The van der Waals surface area contributed by atoms with Gasteiger partial charge in [0.05, 0.1) is 0 Å². The quantitative estimate of drug-likeness (QED) is 0.326. The number of benzene rings is 2. The zero-order chi connectivity index (χ0) is 12.9. The van der Waals surface area contributed by atoms with Gasteiger partial charge in [0.25, 0.3) is 0 Å². The molecular weight excluding hydrogens is 269 g/mol. The van der Waals surface area contributed by atoms with E-state index in [1.807, 2.05) is 0 Å². The molecule has 88 valence electrons. The molecule has 0 aliphatic heterocycles. The van der Waals surface area contributed by atoms with E-state index in [-0.39, 0.29) is 41.1 Å². The number of carbonyl (C=O) groups excluding carboxylic acids is 2. The van der Waals surface area contributed by atoms with Crippen molar-refractivity contribution in [3.8, 4) is 0 Å². The van der Waals surface area contributed by atoms with Gasteiger partial charge in [-0.2, -0.15) is 0 Å². The molecule has 1 aliphatic carbocycles. The fourth-order valence-electron chi connectivity index (χ4n) is 2.15. The van der Waals surface area contributed by atoms with E-state index in [0.717, 1.165) is 0 Å². The fraction of sp³-hybridized carbons (Fsp3) is 0. The van der Waals surface area contributed by atoms with Gasteiger partial charge in [-0.05, 0) is 12.1 Å². The first kappa shape index (κ1) is 14.3. The number of rotatable bonds is 0. The molecule has 0 amide bonds. The maximum absolute atomic E-state index is 12.3. The predicted octanol–water partition coefficient (Wildman–Crippen LogP) is -0.663. The van der Waals surface area contributed by atoms with Gasteiger partial charge in [-0.15, -0.1) is 12.6 Å². The van der Waals surface area contributed by atoms with Crippen molar-refractivity contribution < 1.29 is 39.1 Å². The van der Waals surface area contributed by atoms with Gasteiger partial charge in [0.1, 0.15) is 0 Å². The minimum Gasteiger partial charge on any atom is -0.398 e. The summed E-state index contributed by atoms with van der Waals surface area (Å²) in [6.45, 7) is 0. The van der Waals surface area contributed by atoms with Gasteiger partial charge < -0.3 is 5.73 Å². The number of fused-ring (bicyclic) bond motifs is 2. The third-order valence-electron chi connectivity index (χ3n) is 3.07. The Morgan fingerprint density at radius 3 is 1.84 bits per heavy atom. The molecule has 2 N–H and O–H groups in total. The summed E-state index contributed by atoms with van der Waals surface area (Å²) in [4.78, 5) is 25.1. The van der Waals surface area contributed by atoms with Crippen molar-refractivity contribution in [1.82, 2.24) is 0 Å². The molecule has 0 atom stereocenters. The summed E-state index contributed by atoms with van der Waals surface area (Å²) in [6.07, 6.45) is 0. The second kappa shape index (κ2) is 5.13. The molecule has 0 radical (unpaired) electrons. The monoisotopic (exact) mass is 278 g/mol. The van der Waals surface area contributed by atoms with Crippen LogP contribution >= 0.6 is 12.6 Å². The van der Waals surface area contributed by atoms with Crippen LogP contribution in [0.25, 0.3) is 0 Å². The second-order valence-electron chi connectivity index (χ2n) is 4.16. The predicted molar refractivity (Wildman–Crippen MR) is 71.4 cm³/mol. The van der Waals surface area contributed by atoms with Crippen molar-refractivity contribution in [2.24, 2.45) is 0 Å². The van der Waals surface area contributed by atoms with Crippen LogP contribution in [-0.4, -0.2) is 11.6 Å². The third kappa shape index (κ3) is 2.15. The Labute approximate surface area is 137 Å². The molecule has 2 aromatic carbocycles. The minimum atomic E-state index is -0.166. The first-order chi connectivity index (χ1) is 8.59. The number of anilines is 1. The van der Waals surface area contributed by atoms with Gasteiger partial charge in [-0.1, -0.05) is 24.3 Å². The molecule has 0 unspecified atom stereocenters. The Balaban J connectivity index is 0.00000133. The topological polar surface area (TPSA) is 60.2 Å². The van der Waals surface area contributed by atoms with Crippen LogP contribution in [0.2, 0.25) is 0 Å². The standard InChI is InChI=1S/C14H9NO2S.Na/c15-11-5-9-10(6-12(11)18)14(17)8-4-2-1-3-7(8)13(9)16;/h1-6,18H,15H2;/q;+1. The number of nitrogen functional groups attached to an aromatic ring is 1. The van der Waals surface area contributed by atoms with Crippen LogP contribution in [0, 0.1) is 0 Å². The van der Waals surface area contributed by atoms with Crippen molar-refractivity contribution in [3.05, 3.63) is 58.7 Å². The summed E-state index contributed by atoms with van der Waals surface area (Å²) in [5.41, 5.74) is 7.73. The molecular formula is C14H9NNaO2S+. The first-order valence-corrected chi connectivity index (χ1v) is 5.85. The maximum Gasteiger partial charge on any atom is 1.00 e. The van der Waals surface area contributed by atoms with Gasteiger partial charge in [-0.3, -0.25) is 9.59 Å². The molecule has 3 nitrogen and oxygen atoms in total. The van der Waals surface area contributed by atoms with E-state index in [4.69, 9.17) is 5.73 Å². The summed E-state index contributed by atoms with van der Waals surface area (Å²) in [6, 6.07) is 9.88. The van der Waals surface area contributed by atoms with E-state index in [1.54, 1.807) is 30.3 Å². The van der Waals surface area contributed by atoms with Crippen molar-refractivity contribution in [3.63, 3.8) is 0 Å². The molecule has 0 aromatic heterocycles. The van der Waals surface area contributed by atoms with Crippen LogP contribution in [0.4, 0.5) is 5.69 Å². The van der Waals surface area contributed by atoms with E-state index in [0.29, 0.717) is 32.8 Å². The summed E-state index contributed by atoms with van der Waals surface area (Å²) in [5, 5.41) is 0. The molecule has 0 saturated carbocycles. The number of ketones is 2. The van der Waals surface area contributed by atoms with Crippen molar-refractivity contribution >= 4 is 29.9 Å². The Morgan fingerprint density at radius 2 is 1.32 bits per heavy atom. The first-order valence-electron chi connectivity index (χ1n) is 5.40. The van der Waals surface area contributed by atoms with Crippen LogP contribution < -0.4 is 35.3 Å². The molecule has 0 fully saturated rings. The van der Waals surface area contributed by atoms with Crippen LogP contribution in [0.15, 0.2) is 41.3 Å². The third-order valence-corrected chi connectivity index (χ3v) is 3.46. The smallest absolute Gasteiger partial charge is 0.398 e. The molecule has 5 heteroatoms. The summed E-state index contributed by atoms with van der Waals surface area (Å²) in [7, 11) is 0. The maximum atomic E-state index is 12.3. The van der Waals surface area contributed by atoms with Gasteiger partial charge in [0.2, 0.25) is 0 Å². The van der Waals surface area contributed by atoms with Gasteiger partial charge >= 0.3 is 29.6 Å². The van der Waals surface area contributed by atoms with E-state index in [9.17, 15) is 9.59 Å². The zero-order valence-corrected chi connectivity index (χ0v) is 13.2. The largest absolute Gasteiger partial charge is 1.00 e. The normalized spacial score (nSPS) is 12.5. The zero-order valence-electron chi connectivity index (χ0n) is 10.3. The van der Waals surface area contributed by atoms with E-state index < -0.39 is 0 Å². The molecule has 2 aromatic rings. The van der Waals surface area contributed by atoms with Gasteiger partial charge in [0.15, 0.2) is 11.6 Å². The van der Waals surface area contributed by atoms with Crippen LogP contribution in [0.3, 0.4) is 0 Å². The molecule has 0 saturated heterocycles. The summed E-state index contributed by atoms with van der Waals surface area (Å²) >= 11 is 4.18. The average Bonchev–Trinajstić information content (AvgIpc) is 2.38. The van der Waals surface area contributed by atoms with E-state index in [2.05, 4.69) is 12.6 Å². The van der Waals surface area contributed by atoms with Gasteiger partial charge in [-0.25, -0.2) is 0 Å². The minimum absolute atomic E-state index is 0. The molecule has 3 rings (SSSR count). The van der Waals surface area contributed by atoms with Crippen LogP contribution in [0.1, 0.15) is 31.8 Å². The number of thiol groups is 1. The van der Waals surface area contributed by atoms with Crippen LogP contribution in [-0.2, 0) is 0 Å². The molecule has 1 aliphatic rings. The number of hydrogen-bond donors (Lipinski definition) is 2. The number of nitrogens with two attached hydrogens (primary N) is 1. The molecule has 0 bridgehead atoms. The van der Waals surface area contributed by atoms with Gasteiger partial charge in [0, 0.05) is 32.8 Å². The SMILES string of the molecule is Nc1cc2c(cc1S)C(=O)c1ccccc1C2=O.[Na+]. The fourth-order valence-corrected chi connectivity index (χ4v) is 2.34. The number of hydrogen-bond acceptors (Lipinski definition) is 4. The van der Waals surface area contributed by atoms with Crippen molar-refractivity contribution in [2.45, 2.75) is 4.90 Å². The Hall–Kier alpha value is -1.07. The Bertz CT molecular complexity index is 653. The molecule has 19 heavy (non-hydrogen) atoms. The molecule has 0 heterocycles. The van der Waals surface area contributed by atoms with Crippen LogP contribution in [0.5, 0.6) is 0 Å². The van der Waals surface area contributed by atoms with Crippen molar-refractivity contribution in [1.29, 1.82) is 0 Å². The Morgan fingerprint density at radius 1 is 0.842 bits per heavy atom. The summed E-state index contributed by atoms with van der Waals surface area (Å²) < 4.78 is 0. The van der Waals surface area contributed by atoms with E-state index in [1.165, 1.54) is 6.07 Å². The molecule has 0 spiro atoms. The number of carbonyl (C=O) groups is 2. The second-order valence-corrected chi connectivity index (χ2v) is 4.64. The average molecular weight is 278 g/mol. The van der Waals surface area contributed by atoms with Crippen molar-refractivity contribution in [2.75, 3.05) is 5.73 Å².